The van der Waals surface area contributed by atoms with Crippen molar-refractivity contribution in [2.45, 2.75) is 48.6 Å². The lowest BCUT2D eigenvalue weighted by Crippen LogP contribution is -2.59. The van der Waals surface area contributed by atoms with Crippen molar-refractivity contribution in [2.75, 3.05) is 44.4 Å². The third kappa shape index (κ3) is 4.89. The van der Waals surface area contributed by atoms with Crippen LogP contribution in [0, 0.1) is 0 Å². The molecule has 0 bridgehead atoms. The van der Waals surface area contributed by atoms with Crippen molar-refractivity contribution in [1.82, 2.24) is 10.2 Å². The van der Waals surface area contributed by atoms with Gasteiger partial charge in [0.05, 0.1) is 17.8 Å². The molecule has 1 N–H and O–H groups in total. The molecule has 6 heteroatoms. The van der Waals surface area contributed by atoms with E-state index in [9.17, 15) is 4.79 Å². The number of benzene rings is 1. The average molecular weight is 421 g/mol. The maximum Gasteiger partial charge on any atom is 0.251 e. The number of amides is 1. The monoisotopic (exact) mass is 420 g/mol. The molecule has 0 atom stereocenters. The standard InChI is InChI=1S/C22H32N2O2S2/c25-20(18-5-7-19(8-6-18)21-27-15-4-16-28-21)23-17-22(9-2-1-3-10-22)24-11-13-26-14-12-24/h5-8,21H,1-4,9-17H2,(H,23,25). The van der Waals surface area contributed by atoms with E-state index < -0.39 is 0 Å². The zero-order valence-corrected chi connectivity index (χ0v) is 18.3. The maximum atomic E-state index is 12.8. The normalized spacial score (nSPS) is 24.0. The van der Waals surface area contributed by atoms with Crippen LogP contribution >= 0.6 is 23.5 Å². The summed E-state index contributed by atoms with van der Waals surface area (Å²) < 4.78 is 6.08. The summed E-state index contributed by atoms with van der Waals surface area (Å²) in [6, 6.07) is 8.29. The molecule has 1 amide bonds. The predicted octanol–water partition coefficient (Wildman–Crippen LogP) is 4.32. The largest absolute Gasteiger partial charge is 0.379 e. The van der Waals surface area contributed by atoms with E-state index >= 15 is 0 Å². The van der Waals surface area contributed by atoms with Gasteiger partial charge >= 0.3 is 0 Å². The van der Waals surface area contributed by atoms with Gasteiger partial charge in [0.1, 0.15) is 0 Å². The van der Waals surface area contributed by atoms with E-state index in [1.165, 1.54) is 55.6 Å². The summed E-state index contributed by atoms with van der Waals surface area (Å²) in [5, 5.41) is 3.27. The third-order valence-electron chi connectivity index (χ3n) is 6.32. The second-order valence-corrected chi connectivity index (χ2v) is 10.8. The fourth-order valence-corrected chi connectivity index (χ4v) is 7.57. The van der Waals surface area contributed by atoms with Crippen molar-refractivity contribution in [1.29, 1.82) is 0 Å². The summed E-state index contributed by atoms with van der Waals surface area (Å²) in [5.41, 5.74) is 2.23. The summed E-state index contributed by atoms with van der Waals surface area (Å²) in [5.74, 6) is 2.54. The van der Waals surface area contributed by atoms with Gasteiger partial charge in [0.25, 0.3) is 5.91 Å². The first kappa shape index (κ1) is 20.6. The van der Waals surface area contributed by atoms with Crippen molar-refractivity contribution in [3.8, 4) is 0 Å². The van der Waals surface area contributed by atoms with Crippen molar-refractivity contribution in [3.05, 3.63) is 35.4 Å². The summed E-state index contributed by atoms with van der Waals surface area (Å²) in [7, 11) is 0. The average Bonchev–Trinajstić information content (AvgIpc) is 2.79. The Balaban J connectivity index is 1.37. The van der Waals surface area contributed by atoms with Crippen LogP contribution in [0.1, 0.15) is 59.0 Å². The van der Waals surface area contributed by atoms with Gasteiger partial charge in [-0.3, -0.25) is 9.69 Å². The molecule has 0 unspecified atom stereocenters. The van der Waals surface area contributed by atoms with Crippen molar-refractivity contribution >= 4 is 29.4 Å². The zero-order chi connectivity index (χ0) is 19.2. The van der Waals surface area contributed by atoms with Crippen molar-refractivity contribution < 1.29 is 9.53 Å². The number of nitrogens with zero attached hydrogens (tertiary/aromatic N) is 1. The fourth-order valence-electron chi connectivity index (χ4n) is 4.67. The summed E-state index contributed by atoms with van der Waals surface area (Å²) >= 11 is 4.04. The summed E-state index contributed by atoms with van der Waals surface area (Å²) in [4.78, 5) is 15.4. The van der Waals surface area contributed by atoms with Crippen LogP contribution in [0.5, 0.6) is 0 Å². The topological polar surface area (TPSA) is 41.6 Å². The minimum absolute atomic E-state index is 0.0636. The molecule has 4 nitrogen and oxygen atoms in total. The molecular formula is C22H32N2O2S2. The van der Waals surface area contributed by atoms with Crippen LogP contribution in [0.4, 0.5) is 0 Å². The van der Waals surface area contributed by atoms with Gasteiger partial charge in [-0.15, -0.1) is 23.5 Å². The molecular weight excluding hydrogens is 388 g/mol. The first-order valence-corrected chi connectivity index (χ1v) is 12.8. The Morgan fingerprint density at radius 2 is 1.71 bits per heavy atom. The van der Waals surface area contributed by atoms with E-state index in [1.807, 2.05) is 35.7 Å². The van der Waals surface area contributed by atoms with E-state index in [1.54, 1.807) is 0 Å². The Bertz CT molecular complexity index is 634. The van der Waals surface area contributed by atoms with E-state index in [4.69, 9.17) is 4.74 Å². The van der Waals surface area contributed by atoms with Gasteiger partial charge in [0.15, 0.2) is 0 Å². The molecule has 1 aromatic rings. The number of carbonyl (C=O) groups excluding carboxylic acids is 1. The van der Waals surface area contributed by atoms with Crippen LogP contribution in [0.15, 0.2) is 24.3 Å². The molecule has 1 saturated carbocycles. The molecule has 2 saturated heterocycles. The first-order valence-electron chi connectivity index (χ1n) is 10.7. The molecule has 2 aliphatic heterocycles. The number of thioether (sulfide) groups is 2. The number of rotatable bonds is 5. The van der Waals surface area contributed by atoms with Gasteiger partial charge in [-0.1, -0.05) is 31.4 Å². The molecule has 1 aromatic carbocycles. The SMILES string of the molecule is O=C(NCC1(N2CCOCC2)CCCCC1)c1ccc(C2SCCCS2)cc1. The van der Waals surface area contributed by atoms with E-state index in [2.05, 4.69) is 22.3 Å². The number of nitrogens with one attached hydrogen (secondary N) is 1. The van der Waals surface area contributed by atoms with Crippen LogP contribution in [0.25, 0.3) is 0 Å². The lowest BCUT2D eigenvalue weighted by Gasteiger charge is -2.48. The second kappa shape index (κ2) is 9.88. The highest BCUT2D eigenvalue weighted by atomic mass is 32.2. The summed E-state index contributed by atoms with van der Waals surface area (Å²) in [6.07, 6.45) is 7.51. The number of morpholine rings is 1. The number of ether oxygens (including phenoxy) is 1. The van der Waals surface area contributed by atoms with Crippen LogP contribution in [-0.4, -0.2) is 60.7 Å². The number of hydrogen-bond donors (Lipinski definition) is 1. The second-order valence-electron chi connectivity index (χ2n) is 8.12. The van der Waals surface area contributed by atoms with Crippen LogP contribution in [0.3, 0.4) is 0 Å². The molecule has 3 fully saturated rings. The summed E-state index contributed by atoms with van der Waals surface area (Å²) in [6.45, 7) is 4.35. The Morgan fingerprint density at radius 1 is 1.04 bits per heavy atom. The lowest BCUT2D eigenvalue weighted by atomic mass is 9.79. The molecule has 28 heavy (non-hydrogen) atoms. The molecule has 0 spiro atoms. The number of hydrogen-bond acceptors (Lipinski definition) is 5. The van der Waals surface area contributed by atoms with E-state index in [0.29, 0.717) is 4.58 Å². The molecule has 0 radical (unpaired) electrons. The van der Waals surface area contributed by atoms with Gasteiger partial charge in [-0.05, 0) is 48.5 Å². The van der Waals surface area contributed by atoms with Crippen LogP contribution in [0.2, 0.25) is 0 Å². The quantitative estimate of drug-likeness (QED) is 0.768. The Kier molecular flexibility index (Phi) is 7.26. The molecule has 1 aliphatic carbocycles. The molecule has 154 valence electrons. The molecule has 0 aromatic heterocycles. The first-order chi connectivity index (χ1) is 13.8. The third-order valence-corrected chi connectivity index (χ3v) is 9.33. The molecule has 2 heterocycles. The van der Waals surface area contributed by atoms with Crippen molar-refractivity contribution in [2.24, 2.45) is 0 Å². The van der Waals surface area contributed by atoms with Crippen LogP contribution in [-0.2, 0) is 4.74 Å². The molecule has 3 aliphatic rings. The van der Waals surface area contributed by atoms with E-state index in [0.717, 1.165) is 38.4 Å². The maximum absolute atomic E-state index is 12.8. The van der Waals surface area contributed by atoms with Gasteiger partial charge in [-0.25, -0.2) is 0 Å². The minimum Gasteiger partial charge on any atom is -0.379 e. The highest BCUT2D eigenvalue weighted by Gasteiger charge is 2.38. The zero-order valence-electron chi connectivity index (χ0n) is 16.7. The fraction of sp³-hybridized carbons (Fsp3) is 0.682. The van der Waals surface area contributed by atoms with Gasteiger partial charge in [0.2, 0.25) is 0 Å². The highest BCUT2D eigenvalue weighted by Crippen LogP contribution is 2.43. The highest BCUT2D eigenvalue weighted by molar-refractivity contribution is 8.16. The van der Waals surface area contributed by atoms with Crippen molar-refractivity contribution in [3.63, 3.8) is 0 Å². The van der Waals surface area contributed by atoms with E-state index in [-0.39, 0.29) is 11.4 Å². The lowest BCUT2D eigenvalue weighted by molar-refractivity contribution is -0.0361. The predicted molar refractivity (Wildman–Crippen MR) is 119 cm³/mol. The minimum atomic E-state index is 0.0636. The Hall–Kier alpha value is -0.690. The Labute approximate surface area is 177 Å². The smallest absolute Gasteiger partial charge is 0.251 e. The van der Waals surface area contributed by atoms with Crippen LogP contribution < -0.4 is 5.32 Å². The van der Waals surface area contributed by atoms with Gasteiger partial charge in [0, 0.05) is 30.7 Å². The molecule has 4 rings (SSSR count). The Morgan fingerprint density at radius 3 is 2.39 bits per heavy atom. The van der Waals surface area contributed by atoms with Gasteiger partial charge in [-0.2, -0.15) is 0 Å². The number of carbonyl (C=O) groups is 1. The van der Waals surface area contributed by atoms with Gasteiger partial charge < -0.3 is 10.1 Å².